The Morgan fingerprint density at radius 1 is 1.50 bits per heavy atom. The minimum Gasteiger partial charge on any atom is -0.330 e. The van der Waals surface area contributed by atoms with Crippen molar-refractivity contribution in [2.75, 3.05) is 11.9 Å². The van der Waals surface area contributed by atoms with Gasteiger partial charge in [0.15, 0.2) is 0 Å². The fraction of sp³-hybridized carbons (Fsp3) is 0.417. The van der Waals surface area contributed by atoms with Crippen molar-refractivity contribution in [3.8, 4) is 0 Å². The van der Waals surface area contributed by atoms with Gasteiger partial charge in [-0.05, 0) is 43.5 Å². The van der Waals surface area contributed by atoms with E-state index >= 15 is 0 Å². The quantitative estimate of drug-likeness (QED) is 0.814. The molecule has 1 aromatic carbocycles. The predicted molar refractivity (Wildman–Crippen MR) is 60.5 cm³/mol. The van der Waals surface area contributed by atoms with Crippen molar-refractivity contribution in [2.24, 2.45) is 11.7 Å². The molecule has 0 heterocycles. The Kier molecular flexibility index (Phi) is 3.19. The average molecular weight is 222 g/mol. The fourth-order valence-electron chi connectivity index (χ4n) is 1.57. The highest BCUT2D eigenvalue weighted by Gasteiger charge is 2.29. The first-order chi connectivity index (χ1) is 7.70. The van der Waals surface area contributed by atoms with Crippen molar-refractivity contribution in [1.29, 1.82) is 0 Å². The van der Waals surface area contributed by atoms with Crippen LogP contribution in [0.3, 0.4) is 0 Å². The molecule has 0 aromatic heterocycles. The van der Waals surface area contributed by atoms with Crippen LogP contribution in [-0.4, -0.2) is 12.5 Å². The molecule has 86 valence electrons. The number of nitrogens with one attached hydrogen (secondary N) is 1. The van der Waals surface area contributed by atoms with E-state index in [2.05, 4.69) is 5.32 Å². The van der Waals surface area contributed by atoms with Gasteiger partial charge in [-0.3, -0.25) is 4.79 Å². The number of nitrogens with two attached hydrogens (primary N) is 1. The van der Waals surface area contributed by atoms with Gasteiger partial charge >= 0.3 is 0 Å². The van der Waals surface area contributed by atoms with Crippen LogP contribution in [0.2, 0.25) is 0 Å². The van der Waals surface area contributed by atoms with Crippen molar-refractivity contribution in [2.45, 2.75) is 19.3 Å². The van der Waals surface area contributed by atoms with Crippen molar-refractivity contribution in [3.05, 3.63) is 29.6 Å². The van der Waals surface area contributed by atoms with Crippen molar-refractivity contribution >= 4 is 11.6 Å². The lowest BCUT2D eigenvalue weighted by Gasteiger charge is -2.07. The van der Waals surface area contributed by atoms with E-state index in [1.54, 1.807) is 12.1 Å². The second-order valence-electron chi connectivity index (χ2n) is 4.12. The smallest absolute Gasteiger partial charge is 0.227 e. The normalized spacial score (nSPS) is 14.9. The Morgan fingerprint density at radius 3 is 2.88 bits per heavy atom. The number of hydrogen-bond donors (Lipinski definition) is 2. The summed E-state index contributed by atoms with van der Waals surface area (Å²) in [5.74, 6) is -0.392. The maximum atomic E-state index is 13.4. The topological polar surface area (TPSA) is 55.1 Å². The molecule has 1 aliphatic rings. The first-order valence-electron chi connectivity index (χ1n) is 5.50. The largest absolute Gasteiger partial charge is 0.330 e. The lowest BCUT2D eigenvalue weighted by Crippen LogP contribution is -2.14. The summed E-state index contributed by atoms with van der Waals surface area (Å²) in [6, 6.07) is 4.71. The van der Waals surface area contributed by atoms with Crippen LogP contribution in [0.4, 0.5) is 10.1 Å². The number of anilines is 1. The maximum absolute atomic E-state index is 13.4. The lowest BCUT2D eigenvalue weighted by atomic mass is 10.1. The van der Waals surface area contributed by atoms with Crippen LogP contribution in [0.25, 0.3) is 0 Å². The van der Waals surface area contributed by atoms with Crippen molar-refractivity contribution < 1.29 is 9.18 Å². The summed E-state index contributed by atoms with van der Waals surface area (Å²) in [5.41, 5.74) is 6.63. The van der Waals surface area contributed by atoms with Crippen LogP contribution in [0, 0.1) is 11.7 Å². The summed E-state index contributed by atoms with van der Waals surface area (Å²) >= 11 is 0. The number of hydrogen-bond acceptors (Lipinski definition) is 2. The highest BCUT2D eigenvalue weighted by atomic mass is 19.1. The molecule has 2 rings (SSSR count). The average Bonchev–Trinajstić information content (AvgIpc) is 3.07. The van der Waals surface area contributed by atoms with Crippen LogP contribution in [0.5, 0.6) is 0 Å². The Hall–Kier alpha value is -1.42. The third kappa shape index (κ3) is 2.58. The van der Waals surface area contributed by atoms with E-state index in [0.717, 1.165) is 18.4 Å². The molecular formula is C12H15FN2O. The van der Waals surface area contributed by atoms with Gasteiger partial charge in [0.1, 0.15) is 5.82 Å². The molecule has 1 aliphatic carbocycles. The van der Waals surface area contributed by atoms with Crippen molar-refractivity contribution in [3.63, 3.8) is 0 Å². The summed E-state index contributed by atoms with van der Waals surface area (Å²) in [5, 5.41) is 2.62. The van der Waals surface area contributed by atoms with Gasteiger partial charge in [0, 0.05) is 5.92 Å². The number of halogens is 1. The number of amides is 1. The van der Waals surface area contributed by atoms with E-state index in [-0.39, 0.29) is 17.5 Å². The van der Waals surface area contributed by atoms with Gasteiger partial charge in [-0.1, -0.05) is 6.07 Å². The van der Waals surface area contributed by atoms with Crippen LogP contribution < -0.4 is 11.1 Å². The zero-order valence-electron chi connectivity index (χ0n) is 9.00. The predicted octanol–water partition coefficient (Wildman–Crippen LogP) is 1.68. The van der Waals surface area contributed by atoms with Crippen LogP contribution in [0.15, 0.2) is 18.2 Å². The third-order valence-electron chi connectivity index (χ3n) is 2.67. The van der Waals surface area contributed by atoms with Crippen LogP contribution >= 0.6 is 0 Å². The highest BCUT2D eigenvalue weighted by molar-refractivity contribution is 5.94. The molecule has 1 amide bonds. The van der Waals surface area contributed by atoms with Gasteiger partial charge in [0.05, 0.1) is 5.69 Å². The Balaban J connectivity index is 2.11. The molecule has 0 atom stereocenters. The first-order valence-corrected chi connectivity index (χ1v) is 5.50. The molecule has 1 saturated carbocycles. The Bertz CT molecular complexity index is 402. The van der Waals surface area contributed by atoms with Gasteiger partial charge in [0.25, 0.3) is 0 Å². The zero-order valence-corrected chi connectivity index (χ0v) is 9.00. The van der Waals surface area contributed by atoms with Crippen LogP contribution in [0.1, 0.15) is 18.4 Å². The molecule has 0 saturated heterocycles. The molecule has 0 aliphatic heterocycles. The van der Waals surface area contributed by atoms with E-state index in [1.807, 2.05) is 0 Å². The molecule has 0 bridgehead atoms. The standard InChI is InChI=1S/C12H15FN2O/c13-10-4-1-8(5-6-14)7-11(10)15-12(16)9-2-3-9/h1,4,7,9H,2-3,5-6,14H2,(H,15,16). The summed E-state index contributed by atoms with van der Waals surface area (Å²) in [7, 11) is 0. The van der Waals surface area contributed by atoms with Gasteiger partial charge < -0.3 is 11.1 Å². The SMILES string of the molecule is NCCc1ccc(F)c(NC(=O)C2CC2)c1. The molecule has 3 nitrogen and oxygen atoms in total. The fourth-order valence-corrected chi connectivity index (χ4v) is 1.57. The van der Waals surface area contributed by atoms with E-state index in [4.69, 9.17) is 5.73 Å². The maximum Gasteiger partial charge on any atom is 0.227 e. The molecule has 16 heavy (non-hydrogen) atoms. The second-order valence-corrected chi connectivity index (χ2v) is 4.12. The molecule has 3 N–H and O–H groups in total. The summed E-state index contributed by atoms with van der Waals surface area (Å²) in [6.45, 7) is 0.516. The third-order valence-corrected chi connectivity index (χ3v) is 2.67. The second kappa shape index (κ2) is 4.61. The Morgan fingerprint density at radius 2 is 2.25 bits per heavy atom. The van der Waals surface area contributed by atoms with Gasteiger partial charge in [-0.25, -0.2) is 4.39 Å². The number of benzene rings is 1. The number of carbonyl (C=O) groups is 1. The van der Waals surface area contributed by atoms with Gasteiger partial charge in [0.2, 0.25) is 5.91 Å². The highest BCUT2D eigenvalue weighted by Crippen LogP contribution is 2.30. The Labute approximate surface area is 93.8 Å². The van der Waals surface area contributed by atoms with E-state index < -0.39 is 5.82 Å². The zero-order chi connectivity index (χ0) is 11.5. The summed E-state index contributed by atoms with van der Waals surface area (Å²) in [6.07, 6.45) is 2.51. The molecular weight excluding hydrogens is 207 g/mol. The van der Waals surface area contributed by atoms with E-state index in [1.165, 1.54) is 6.07 Å². The number of carbonyl (C=O) groups excluding carboxylic acids is 1. The summed E-state index contributed by atoms with van der Waals surface area (Å²) < 4.78 is 13.4. The molecule has 0 spiro atoms. The molecule has 1 fully saturated rings. The van der Waals surface area contributed by atoms with Crippen LogP contribution in [-0.2, 0) is 11.2 Å². The van der Waals surface area contributed by atoms with Gasteiger partial charge in [-0.15, -0.1) is 0 Å². The van der Waals surface area contributed by atoms with E-state index in [9.17, 15) is 9.18 Å². The summed E-state index contributed by atoms with van der Waals surface area (Å²) in [4.78, 5) is 11.5. The molecule has 0 radical (unpaired) electrons. The van der Waals surface area contributed by atoms with E-state index in [0.29, 0.717) is 13.0 Å². The monoisotopic (exact) mass is 222 g/mol. The molecule has 0 unspecified atom stereocenters. The lowest BCUT2D eigenvalue weighted by molar-refractivity contribution is -0.117. The minimum absolute atomic E-state index is 0.0798. The van der Waals surface area contributed by atoms with Gasteiger partial charge in [-0.2, -0.15) is 0 Å². The number of rotatable bonds is 4. The first kappa shape index (κ1) is 11.1. The van der Waals surface area contributed by atoms with Crippen molar-refractivity contribution in [1.82, 2.24) is 0 Å². The molecule has 1 aromatic rings. The molecule has 4 heteroatoms. The minimum atomic E-state index is -0.394.